The summed E-state index contributed by atoms with van der Waals surface area (Å²) < 4.78 is 0. The van der Waals surface area contributed by atoms with Crippen molar-refractivity contribution in [2.24, 2.45) is 0 Å². The zero-order valence-electron chi connectivity index (χ0n) is 13.2. The van der Waals surface area contributed by atoms with Crippen molar-refractivity contribution in [2.75, 3.05) is 12.3 Å². The molecule has 24 heavy (non-hydrogen) atoms. The fourth-order valence-electron chi connectivity index (χ4n) is 2.61. The van der Waals surface area contributed by atoms with Gasteiger partial charge in [-0.1, -0.05) is 41.9 Å². The van der Waals surface area contributed by atoms with Gasteiger partial charge < -0.3 is 10.3 Å². The first kappa shape index (κ1) is 16.9. The van der Waals surface area contributed by atoms with Crippen LogP contribution in [0.1, 0.15) is 11.1 Å². The highest BCUT2D eigenvalue weighted by Crippen LogP contribution is 2.18. The fourth-order valence-corrected chi connectivity index (χ4v) is 3.63. The van der Waals surface area contributed by atoms with E-state index >= 15 is 0 Å². The summed E-state index contributed by atoms with van der Waals surface area (Å²) in [6.45, 7) is 0.651. The Morgan fingerprint density at radius 2 is 2.04 bits per heavy atom. The van der Waals surface area contributed by atoms with Gasteiger partial charge in [-0.15, -0.1) is 11.8 Å². The van der Waals surface area contributed by atoms with Gasteiger partial charge >= 0.3 is 0 Å². The van der Waals surface area contributed by atoms with E-state index in [2.05, 4.69) is 22.4 Å². The molecule has 3 aromatic rings. The highest BCUT2D eigenvalue weighted by Gasteiger charge is 2.05. The highest BCUT2D eigenvalue weighted by atomic mass is 35.5. The summed E-state index contributed by atoms with van der Waals surface area (Å²) in [5, 5.41) is 4.94. The number of thioether (sulfide) groups is 1. The molecule has 0 spiro atoms. The number of hydrogen-bond donors (Lipinski definition) is 2. The van der Waals surface area contributed by atoms with E-state index in [1.165, 1.54) is 10.9 Å². The van der Waals surface area contributed by atoms with Crippen molar-refractivity contribution < 1.29 is 4.79 Å². The van der Waals surface area contributed by atoms with Crippen LogP contribution >= 0.6 is 23.4 Å². The zero-order chi connectivity index (χ0) is 16.8. The second kappa shape index (κ2) is 8.27. The van der Waals surface area contributed by atoms with Gasteiger partial charge in [0.2, 0.25) is 5.91 Å². The summed E-state index contributed by atoms with van der Waals surface area (Å²) in [4.78, 5) is 15.2. The maximum atomic E-state index is 11.9. The largest absolute Gasteiger partial charge is 0.361 e. The summed E-state index contributed by atoms with van der Waals surface area (Å²) in [5.41, 5.74) is 3.51. The summed E-state index contributed by atoms with van der Waals surface area (Å²) in [7, 11) is 0. The average molecular weight is 359 g/mol. The Morgan fingerprint density at radius 3 is 2.92 bits per heavy atom. The molecule has 0 aliphatic rings. The lowest BCUT2D eigenvalue weighted by molar-refractivity contribution is -0.118. The molecule has 0 atom stereocenters. The van der Waals surface area contributed by atoms with Gasteiger partial charge in [0.25, 0.3) is 0 Å². The summed E-state index contributed by atoms with van der Waals surface area (Å²) in [6.07, 6.45) is 2.85. The molecular weight excluding hydrogens is 340 g/mol. The smallest absolute Gasteiger partial charge is 0.230 e. The minimum absolute atomic E-state index is 0.0712. The number of fused-ring (bicyclic) bond motifs is 1. The van der Waals surface area contributed by atoms with Crippen molar-refractivity contribution in [1.29, 1.82) is 0 Å². The number of amides is 1. The van der Waals surface area contributed by atoms with Crippen LogP contribution < -0.4 is 5.32 Å². The molecule has 0 radical (unpaired) electrons. The number of carbonyl (C=O) groups is 1. The van der Waals surface area contributed by atoms with Crippen molar-refractivity contribution in [3.63, 3.8) is 0 Å². The van der Waals surface area contributed by atoms with Gasteiger partial charge in [0.1, 0.15) is 0 Å². The lowest BCUT2D eigenvalue weighted by Crippen LogP contribution is -2.27. The van der Waals surface area contributed by atoms with Crippen molar-refractivity contribution in [1.82, 2.24) is 10.3 Å². The predicted molar refractivity (Wildman–Crippen MR) is 103 cm³/mol. The maximum Gasteiger partial charge on any atom is 0.230 e. The molecule has 5 heteroatoms. The van der Waals surface area contributed by atoms with Crippen molar-refractivity contribution in [3.05, 3.63) is 70.9 Å². The first-order valence-electron chi connectivity index (χ1n) is 7.86. The molecule has 0 aliphatic carbocycles. The van der Waals surface area contributed by atoms with E-state index in [0.29, 0.717) is 12.3 Å². The lowest BCUT2D eigenvalue weighted by Gasteiger charge is -2.05. The Hall–Kier alpha value is -1.91. The van der Waals surface area contributed by atoms with E-state index in [0.717, 1.165) is 28.3 Å². The number of aromatic amines is 1. The molecule has 2 N–H and O–H groups in total. The molecule has 3 nitrogen and oxygen atoms in total. The first-order valence-corrected chi connectivity index (χ1v) is 9.39. The quantitative estimate of drug-likeness (QED) is 0.657. The third kappa shape index (κ3) is 4.56. The Morgan fingerprint density at radius 1 is 1.17 bits per heavy atom. The van der Waals surface area contributed by atoms with E-state index in [-0.39, 0.29) is 5.91 Å². The third-order valence-electron chi connectivity index (χ3n) is 3.78. The Bertz CT molecular complexity index is 831. The van der Waals surface area contributed by atoms with Gasteiger partial charge in [-0.2, -0.15) is 0 Å². The van der Waals surface area contributed by atoms with Crippen molar-refractivity contribution in [2.45, 2.75) is 12.2 Å². The standard InChI is InChI=1S/C19H19ClN2OS/c20-16-5-3-4-14(10-16)12-24-13-19(23)21-9-8-15-11-22-18-7-2-1-6-17(15)18/h1-7,10-11,22H,8-9,12-13H2,(H,21,23). The second-order valence-corrected chi connectivity index (χ2v) is 7.00. The topological polar surface area (TPSA) is 44.9 Å². The molecule has 0 aliphatic heterocycles. The van der Waals surface area contributed by atoms with Crippen LogP contribution in [0.15, 0.2) is 54.7 Å². The summed E-state index contributed by atoms with van der Waals surface area (Å²) in [5.74, 6) is 1.32. The average Bonchev–Trinajstić information content (AvgIpc) is 2.98. The molecular formula is C19H19ClN2OS. The first-order chi connectivity index (χ1) is 11.7. The SMILES string of the molecule is O=C(CSCc1cccc(Cl)c1)NCCc1c[nH]c2ccccc12. The number of nitrogens with one attached hydrogen (secondary N) is 2. The van der Waals surface area contributed by atoms with Crippen molar-refractivity contribution in [3.8, 4) is 0 Å². The van der Waals surface area contributed by atoms with Crippen LogP contribution in [0.25, 0.3) is 10.9 Å². The Kier molecular flexibility index (Phi) is 5.83. The van der Waals surface area contributed by atoms with Gasteiger partial charge in [0.15, 0.2) is 0 Å². The molecule has 1 aromatic heterocycles. The summed E-state index contributed by atoms with van der Waals surface area (Å²) in [6, 6.07) is 15.9. The number of rotatable bonds is 7. The van der Waals surface area contributed by atoms with E-state index in [1.807, 2.05) is 42.6 Å². The molecule has 0 bridgehead atoms. The normalized spacial score (nSPS) is 10.9. The maximum absolute atomic E-state index is 11.9. The van der Waals surface area contributed by atoms with Gasteiger partial charge in [0.05, 0.1) is 5.75 Å². The number of halogens is 1. The predicted octanol–water partition coefficient (Wildman–Crippen LogP) is 4.41. The monoisotopic (exact) mass is 358 g/mol. The number of hydrogen-bond acceptors (Lipinski definition) is 2. The number of H-pyrrole nitrogens is 1. The summed E-state index contributed by atoms with van der Waals surface area (Å²) >= 11 is 7.55. The molecule has 2 aromatic carbocycles. The molecule has 1 amide bonds. The van der Waals surface area contributed by atoms with Gasteiger partial charge in [-0.25, -0.2) is 0 Å². The third-order valence-corrected chi connectivity index (χ3v) is 5.02. The number of benzene rings is 2. The van der Waals surface area contributed by atoms with E-state index in [1.54, 1.807) is 11.8 Å². The van der Waals surface area contributed by atoms with Crippen LogP contribution in [0.4, 0.5) is 0 Å². The number of carbonyl (C=O) groups excluding carboxylic acids is 1. The number of aromatic nitrogens is 1. The minimum atomic E-state index is 0.0712. The van der Waals surface area contributed by atoms with E-state index in [9.17, 15) is 4.79 Å². The van der Waals surface area contributed by atoms with Crippen LogP contribution in [-0.2, 0) is 17.0 Å². The van der Waals surface area contributed by atoms with E-state index < -0.39 is 0 Å². The Balaban J connectivity index is 1.40. The van der Waals surface area contributed by atoms with Crippen LogP contribution in [0, 0.1) is 0 Å². The fraction of sp³-hybridized carbons (Fsp3) is 0.211. The van der Waals surface area contributed by atoms with Crippen molar-refractivity contribution >= 4 is 40.2 Å². The van der Waals surface area contributed by atoms with Gasteiger partial charge in [-0.3, -0.25) is 4.79 Å². The molecule has 0 unspecified atom stereocenters. The molecule has 0 fully saturated rings. The molecule has 124 valence electrons. The van der Waals surface area contributed by atoms with Crippen LogP contribution in [0.5, 0.6) is 0 Å². The lowest BCUT2D eigenvalue weighted by atomic mass is 10.1. The van der Waals surface area contributed by atoms with E-state index in [4.69, 9.17) is 11.6 Å². The van der Waals surface area contributed by atoms with Crippen LogP contribution in [0.3, 0.4) is 0 Å². The molecule has 1 heterocycles. The van der Waals surface area contributed by atoms with Gasteiger partial charge in [-0.05, 0) is 35.7 Å². The van der Waals surface area contributed by atoms with Gasteiger partial charge in [0, 0.05) is 34.4 Å². The zero-order valence-corrected chi connectivity index (χ0v) is 14.8. The van der Waals surface area contributed by atoms with Crippen LogP contribution in [0.2, 0.25) is 5.02 Å². The molecule has 0 saturated heterocycles. The Labute approximate surface area is 150 Å². The highest BCUT2D eigenvalue weighted by molar-refractivity contribution is 7.99. The molecule has 0 saturated carbocycles. The number of para-hydroxylation sites is 1. The molecule has 3 rings (SSSR count). The van der Waals surface area contributed by atoms with Crippen LogP contribution in [-0.4, -0.2) is 23.2 Å². The minimum Gasteiger partial charge on any atom is -0.361 e. The second-order valence-electron chi connectivity index (χ2n) is 5.58.